The molecule has 1 rings (SSSR count). The van der Waals surface area contributed by atoms with Crippen LogP contribution in [0.2, 0.25) is 0 Å². The third-order valence-corrected chi connectivity index (χ3v) is 1.61. The van der Waals surface area contributed by atoms with Crippen LogP contribution >= 0.6 is 0 Å². The van der Waals surface area contributed by atoms with E-state index in [-0.39, 0.29) is 0 Å². The normalized spacial score (nSPS) is 20.7. The Hall–Kier alpha value is 0.0200. The third-order valence-electron chi connectivity index (χ3n) is 1.00. The van der Waals surface area contributed by atoms with E-state index in [1.54, 1.807) is 0 Å². The molecule has 0 saturated heterocycles. The molecule has 6 heavy (non-hydrogen) atoms. The van der Waals surface area contributed by atoms with Crippen LogP contribution in [0.3, 0.4) is 0 Å². The molecule has 0 spiro atoms. The molecule has 1 aliphatic carbocycles. The van der Waals surface area contributed by atoms with Crippen molar-refractivity contribution >= 4 is 11.7 Å². The molecule has 0 radical (unpaired) electrons. The Labute approximate surface area is 41.2 Å². The van der Waals surface area contributed by atoms with Crippen LogP contribution in [0.1, 0.15) is 12.8 Å². The fourth-order valence-corrected chi connectivity index (χ4v) is 0.907. The van der Waals surface area contributed by atoms with Gasteiger partial charge in [-0.3, -0.25) is 0 Å². The van der Waals surface area contributed by atoms with Crippen molar-refractivity contribution in [3.05, 3.63) is 0 Å². The van der Waals surface area contributed by atoms with Gasteiger partial charge in [-0.2, -0.15) is 0 Å². The average Bonchev–Trinajstić information content (AvgIpc) is 2.21. The summed E-state index contributed by atoms with van der Waals surface area (Å²) in [5.41, 5.74) is 0. The monoisotopic (exact) mass is 103 g/mol. The highest BCUT2D eigenvalue weighted by Crippen LogP contribution is 2.27. The number of hydrogen-bond donors (Lipinski definition) is 0. The standard InChI is InChI=1S/C4H7OS/c5-6-3-4-1-2-4/h4H,1-3H2/q+1. The van der Waals surface area contributed by atoms with Crippen molar-refractivity contribution in [2.24, 2.45) is 5.92 Å². The Balaban J connectivity index is 2.00. The summed E-state index contributed by atoms with van der Waals surface area (Å²) in [6.45, 7) is 0. The molecule has 0 N–H and O–H groups in total. The Morgan fingerprint density at radius 1 is 1.67 bits per heavy atom. The predicted octanol–water partition coefficient (Wildman–Crippen LogP) is 0.825. The lowest BCUT2D eigenvalue weighted by Crippen LogP contribution is -1.78. The second-order valence-corrected chi connectivity index (χ2v) is 2.30. The molecule has 0 aromatic carbocycles. The molecule has 0 heterocycles. The van der Waals surface area contributed by atoms with Gasteiger partial charge in [0, 0.05) is 10.1 Å². The third kappa shape index (κ3) is 1.01. The Bertz CT molecular complexity index is 58.6. The van der Waals surface area contributed by atoms with Crippen LogP contribution in [0, 0.1) is 5.92 Å². The van der Waals surface area contributed by atoms with Crippen molar-refractivity contribution in [2.45, 2.75) is 12.8 Å². The summed E-state index contributed by atoms with van der Waals surface area (Å²) in [4.78, 5) is 0. The Morgan fingerprint density at radius 2 is 2.33 bits per heavy atom. The van der Waals surface area contributed by atoms with Gasteiger partial charge in [-0.25, -0.2) is 0 Å². The zero-order valence-electron chi connectivity index (χ0n) is 3.52. The topological polar surface area (TPSA) is 17.1 Å². The summed E-state index contributed by atoms with van der Waals surface area (Å²) in [6, 6.07) is 0. The van der Waals surface area contributed by atoms with E-state index in [4.69, 9.17) is 0 Å². The summed E-state index contributed by atoms with van der Waals surface area (Å²) in [5, 5.41) is 0. The minimum Gasteiger partial charge on any atom is -0.0447 e. The molecule has 2 heteroatoms. The van der Waals surface area contributed by atoms with E-state index < -0.39 is 0 Å². The molecule has 0 amide bonds. The van der Waals surface area contributed by atoms with Gasteiger partial charge in [-0.1, -0.05) is 0 Å². The molecule has 0 aliphatic heterocycles. The van der Waals surface area contributed by atoms with E-state index in [0.717, 1.165) is 23.3 Å². The van der Waals surface area contributed by atoms with Gasteiger partial charge in [-0.05, 0) is 12.8 Å². The van der Waals surface area contributed by atoms with E-state index in [9.17, 15) is 4.21 Å². The minimum absolute atomic E-state index is 0.722. The molecule has 1 aliphatic rings. The summed E-state index contributed by atoms with van der Waals surface area (Å²) < 4.78 is 9.70. The minimum atomic E-state index is 0.722. The van der Waals surface area contributed by atoms with E-state index in [1.807, 2.05) is 0 Å². The van der Waals surface area contributed by atoms with E-state index >= 15 is 0 Å². The number of rotatable bonds is 2. The van der Waals surface area contributed by atoms with Crippen molar-refractivity contribution in [3.8, 4) is 0 Å². The van der Waals surface area contributed by atoms with Crippen LogP contribution in [-0.4, -0.2) is 5.75 Å². The van der Waals surface area contributed by atoms with Gasteiger partial charge >= 0.3 is 11.7 Å². The summed E-state index contributed by atoms with van der Waals surface area (Å²) in [7, 11) is 0. The fraction of sp³-hybridized carbons (Fsp3) is 1.00. The molecule has 0 atom stereocenters. The molecule has 0 bridgehead atoms. The SMILES string of the molecule is O=[S+]CC1CC1. The highest BCUT2D eigenvalue weighted by Gasteiger charge is 2.26. The lowest BCUT2D eigenvalue weighted by molar-refractivity contribution is 0.603. The summed E-state index contributed by atoms with van der Waals surface area (Å²) in [6.07, 6.45) is 2.60. The smallest absolute Gasteiger partial charge is 0.0447 e. The Morgan fingerprint density at radius 3 is 2.50 bits per heavy atom. The first kappa shape index (κ1) is 4.19. The fourth-order valence-electron chi connectivity index (χ4n) is 0.381. The number of hydrogen-bond acceptors (Lipinski definition) is 1. The maximum Gasteiger partial charge on any atom is 0.458 e. The molecule has 1 fully saturated rings. The summed E-state index contributed by atoms with van der Waals surface area (Å²) in [5.74, 6) is 1.65. The van der Waals surface area contributed by atoms with Crippen LogP contribution in [0.5, 0.6) is 0 Å². The second kappa shape index (κ2) is 1.65. The molecule has 34 valence electrons. The zero-order valence-corrected chi connectivity index (χ0v) is 4.33. The molecule has 1 saturated carbocycles. The lowest BCUT2D eigenvalue weighted by Gasteiger charge is -1.58. The second-order valence-electron chi connectivity index (χ2n) is 1.73. The first-order valence-electron chi connectivity index (χ1n) is 2.18. The highest BCUT2D eigenvalue weighted by atomic mass is 32.1. The first-order chi connectivity index (χ1) is 2.93. The largest absolute Gasteiger partial charge is 0.458 e. The van der Waals surface area contributed by atoms with E-state index in [2.05, 4.69) is 0 Å². The maximum atomic E-state index is 9.70. The lowest BCUT2D eigenvalue weighted by atomic mass is 10.5. The zero-order chi connectivity index (χ0) is 4.41. The van der Waals surface area contributed by atoms with Gasteiger partial charge < -0.3 is 0 Å². The predicted molar refractivity (Wildman–Crippen MR) is 25.6 cm³/mol. The van der Waals surface area contributed by atoms with Gasteiger partial charge in [0.2, 0.25) is 5.75 Å². The molecule has 0 aromatic rings. The van der Waals surface area contributed by atoms with Crippen molar-refractivity contribution in [1.29, 1.82) is 0 Å². The molecule has 1 nitrogen and oxygen atoms in total. The quantitative estimate of drug-likeness (QED) is 0.473. The Kier molecular flexibility index (Phi) is 1.15. The molecular formula is C4H7OS+. The average molecular weight is 103 g/mol. The van der Waals surface area contributed by atoms with Crippen molar-refractivity contribution < 1.29 is 4.21 Å². The van der Waals surface area contributed by atoms with Gasteiger partial charge in [0.15, 0.2) is 0 Å². The first-order valence-corrected chi connectivity index (χ1v) is 3.09. The van der Waals surface area contributed by atoms with Gasteiger partial charge in [-0.15, -0.1) is 0 Å². The maximum absolute atomic E-state index is 9.70. The molecule has 0 unspecified atom stereocenters. The van der Waals surface area contributed by atoms with Gasteiger partial charge in [0.25, 0.3) is 0 Å². The van der Waals surface area contributed by atoms with Crippen LogP contribution in [0.25, 0.3) is 0 Å². The molecular weight excluding hydrogens is 96.1 g/mol. The van der Waals surface area contributed by atoms with Crippen molar-refractivity contribution in [2.75, 3.05) is 5.75 Å². The van der Waals surface area contributed by atoms with Crippen molar-refractivity contribution in [3.63, 3.8) is 0 Å². The molecule has 0 aromatic heterocycles. The van der Waals surface area contributed by atoms with Crippen LogP contribution < -0.4 is 0 Å². The summed E-state index contributed by atoms with van der Waals surface area (Å²) >= 11 is 0.722. The van der Waals surface area contributed by atoms with E-state index in [0.29, 0.717) is 0 Å². The van der Waals surface area contributed by atoms with Crippen LogP contribution in [0.4, 0.5) is 0 Å². The van der Waals surface area contributed by atoms with Crippen LogP contribution in [0.15, 0.2) is 0 Å². The van der Waals surface area contributed by atoms with Crippen LogP contribution in [-0.2, 0) is 15.9 Å². The highest BCUT2D eigenvalue weighted by molar-refractivity contribution is 7.65. The van der Waals surface area contributed by atoms with Gasteiger partial charge in [0.05, 0.1) is 0 Å². The van der Waals surface area contributed by atoms with Crippen molar-refractivity contribution in [1.82, 2.24) is 0 Å². The van der Waals surface area contributed by atoms with E-state index in [1.165, 1.54) is 12.8 Å². The van der Waals surface area contributed by atoms with Gasteiger partial charge in [0.1, 0.15) is 0 Å².